The van der Waals surface area contributed by atoms with Gasteiger partial charge in [-0.05, 0) is 12.1 Å². The molecule has 0 unspecified atom stereocenters. The SMILES string of the molecule is FC[C@@H](c1c(F)ccc(F)c1Cl)N1CCNCC1. The lowest BCUT2D eigenvalue weighted by Gasteiger charge is -2.34. The molecule has 0 radical (unpaired) electrons. The first-order valence-electron chi connectivity index (χ1n) is 5.79. The molecule has 0 bridgehead atoms. The molecular formula is C12H14ClF3N2. The summed E-state index contributed by atoms with van der Waals surface area (Å²) in [5.74, 6) is -1.38. The Morgan fingerprint density at radius 3 is 2.44 bits per heavy atom. The Hall–Kier alpha value is -0.780. The molecule has 1 N–H and O–H groups in total. The first-order valence-corrected chi connectivity index (χ1v) is 6.17. The van der Waals surface area contributed by atoms with E-state index in [-0.39, 0.29) is 10.6 Å². The van der Waals surface area contributed by atoms with Gasteiger partial charge in [0.2, 0.25) is 0 Å². The molecule has 100 valence electrons. The maximum Gasteiger partial charge on any atom is 0.142 e. The second-order valence-electron chi connectivity index (χ2n) is 4.21. The number of hydrogen-bond donors (Lipinski definition) is 1. The van der Waals surface area contributed by atoms with Crippen LogP contribution in [0, 0.1) is 11.6 Å². The molecule has 1 saturated heterocycles. The van der Waals surface area contributed by atoms with E-state index in [1.165, 1.54) is 0 Å². The average molecular weight is 279 g/mol. The smallest absolute Gasteiger partial charge is 0.142 e. The van der Waals surface area contributed by atoms with Crippen LogP contribution in [0.2, 0.25) is 5.02 Å². The van der Waals surface area contributed by atoms with Crippen LogP contribution < -0.4 is 5.32 Å². The van der Waals surface area contributed by atoms with E-state index in [9.17, 15) is 13.2 Å². The van der Waals surface area contributed by atoms with Gasteiger partial charge in [-0.3, -0.25) is 4.90 Å². The van der Waals surface area contributed by atoms with Crippen molar-refractivity contribution in [1.29, 1.82) is 0 Å². The van der Waals surface area contributed by atoms with Crippen molar-refractivity contribution in [2.24, 2.45) is 0 Å². The Morgan fingerprint density at radius 1 is 1.22 bits per heavy atom. The van der Waals surface area contributed by atoms with Crippen LogP contribution in [0.25, 0.3) is 0 Å². The van der Waals surface area contributed by atoms with Gasteiger partial charge in [0, 0.05) is 31.7 Å². The largest absolute Gasteiger partial charge is 0.314 e. The molecule has 2 nitrogen and oxygen atoms in total. The van der Waals surface area contributed by atoms with Crippen LogP contribution in [0.15, 0.2) is 12.1 Å². The zero-order chi connectivity index (χ0) is 13.1. The van der Waals surface area contributed by atoms with Gasteiger partial charge in [0.1, 0.15) is 18.3 Å². The fourth-order valence-corrected chi connectivity index (χ4v) is 2.48. The molecule has 0 saturated carbocycles. The first kappa shape index (κ1) is 13.6. The molecule has 18 heavy (non-hydrogen) atoms. The van der Waals surface area contributed by atoms with Crippen LogP contribution in [0.1, 0.15) is 11.6 Å². The van der Waals surface area contributed by atoms with Crippen molar-refractivity contribution in [3.05, 3.63) is 34.4 Å². The quantitative estimate of drug-likeness (QED) is 0.855. The molecule has 1 fully saturated rings. The molecule has 0 spiro atoms. The number of alkyl halides is 1. The van der Waals surface area contributed by atoms with Crippen molar-refractivity contribution in [3.63, 3.8) is 0 Å². The summed E-state index contributed by atoms with van der Waals surface area (Å²) in [6.45, 7) is 1.78. The van der Waals surface area contributed by atoms with Crippen molar-refractivity contribution in [1.82, 2.24) is 10.2 Å². The fraction of sp³-hybridized carbons (Fsp3) is 0.500. The Labute approximate surface area is 109 Å². The predicted octanol–water partition coefficient (Wildman–Crippen LogP) is 2.53. The van der Waals surface area contributed by atoms with E-state index < -0.39 is 24.4 Å². The third-order valence-corrected chi connectivity index (χ3v) is 3.54. The minimum absolute atomic E-state index is 0.0823. The van der Waals surface area contributed by atoms with E-state index in [1.54, 1.807) is 4.90 Å². The van der Waals surface area contributed by atoms with Gasteiger partial charge in [0.15, 0.2) is 0 Å². The monoisotopic (exact) mass is 278 g/mol. The van der Waals surface area contributed by atoms with E-state index in [2.05, 4.69) is 5.32 Å². The van der Waals surface area contributed by atoms with Gasteiger partial charge < -0.3 is 5.32 Å². The van der Waals surface area contributed by atoms with Crippen molar-refractivity contribution in [2.45, 2.75) is 6.04 Å². The molecule has 6 heteroatoms. The number of nitrogens with zero attached hydrogens (tertiary/aromatic N) is 1. The van der Waals surface area contributed by atoms with Crippen LogP contribution in [0.5, 0.6) is 0 Å². The van der Waals surface area contributed by atoms with E-state index in [0.29, 0.717) is 26.2 Å². The summed E-state index contributed by atoms with van der Waals surface area (Å²) in [5.41, 5.74) is -0.0823. The highest BCUT2D eigenvalue weighted by molar-refractivity contribution is 6.31. The lowest BCUT2D eigenvalue weighted by molar-refractivity contribution is 0.144. The Kier molecular flexibility index (Phi) is 4.48. The normalized spacial score (nSPS) is 18.9. The maximum atomic E-state index is 13.8. The Morgan fingerprint density at radius 2 is 1.83 bits per heavy atom. The van der Waals surface area contributed by atoms with Crippen LogP contribution in [0.3, 0.4) is 0 Å². The molecule has 0 aromatic heterocycles. The summed E-state index contributed by atoms with van der Waals surface area (Å²) in [6, 6.07) is 1.12. The highest BCUT2D eigenvalue weighted by Gasteiger charge is 2.28. The number of nitrogens with one attached hydrogen (secondary N) is 1. The third-order valence-electron chi connectivity index (χ3n) is 3.15. The van der Waals surface area contributed by atoms with Crippen molar-refractivity contribution in [2.75, 3.05) is 32.9 Å². The Bertz CT molecular complexity index is 422. The molecular weight excluding hydrogens is 265 g/mol. The number of benzene rings is 1. The minimum Gasteiger partial charge on any atom is -0.314 e. The van der Waals surface area contributed by atoms with Crippen LogP contribution >= 0.6 is 11.6 Å². The number of piperazine rings is 1. The second kappa shape index (κ2) is 5.91. The number of rotatable bonds is 3. The molecule has 1 aromatic rings. The highest BCUT2D eigenvalue weighted by atomic mass is 35.5. The van der Waals surface area contributed by atoms with Crippen LogP contribution in [-0.2, 0) is 0 Å². The molecule has 0 amide bonds. The molecule has 1 aliphatic rings. The summed E-state index contributed by atoms with van der Waals surface area (Å²) in [7, 11) is 0. The maximum absolute atomic E-state index is 13.8. The van der Waals surface area contributed by atoms with Gasteiger partial charge in [0.05, 0.1) is 11.1 Å². The van der Waals surface area contributed by atoms with Crippen molar-refractivity contribution in [3.8, 4) is 0 Å². The van der Waals surface area contributed by atoms with Gasteiger partial charge in [-0.1, -0.05) is 11.6 Å². The minimum atomic E-state index is -0.824. The zero-order valence-corrected chi connectivity index (χ0v) is 10.5. The summed E-state index contributed by atoms with van der Waals surface area (Å²) in [6.07, 6.45) is 0. The third kappa shape index (κ3) is 2.63. The Balaban J connectivity index is 2.34. The van der Waals surface area contributed by atoms with E-state index in [0.717, 1.165) is 12.1 Å². The van der Waals surface area contributed by atoms with Crippen molar-refractivity contribution < 1.29 is 13.2 Å². The van der Waals surface area contributed by atoms with Gasteiger partial charge in [-0.25, -0.2) is 13.2 Å². The molecule has 1 aliphatic heterocycles. The van der Waals surface area contributed by atoms with Gasteiger partial charge in [-0.2, -0.15) is 0 Å². The summed E-state index contributed by atoms with van der Waals surface area (Å²) in [5, 5.41) is 2.80. The fourth-order valence-electron chi connectivity index (χ4n) is 2.20. The van der Waals surface area contributed by atoms with Crippen LogP contribution in [0.4, 0.5) is 13.2 Å². The second-order valence-corrected chi connectivity index (χ2v) is 4.59. The lowest BCUT2D eigenvalue weighted by Crippen LogP contribution is -2.46. The van der Waals surface area contributed by atoms with E-state index in [4.69, 9.17) is 11.6 Å². The summed E-state index contributed by atoms with van der Waals surface area (Å²) < 4.78 is 40.3. The predicted molar refractivity (Wildman–Crippen MR) is 64.5 cm³/mol. The number of halogens is 4. The molecule has 1 aromatic carbocycles. The summed E-state index contributed by atoms with van der Waals surface area (Å²) in [4.78, 5) is 1.78. The average Bonchev–Trinajstić information content (AvgIpc) is 2.40. The van der Waals surface area contributed by atoms with Gasteiger partial charge in [-0.15, -0.1) is 0 Å². The molecule has 0 aliphatic carbocycles. The zero-order valence-electron chi connectivity index (χ0n) is 9.73. The van der Waals surface area contributed by atoms with Crippen molar-refractivity contribution >= 4 is 11.6 Å². The topological polar surface area (TPSA) is 15.3 Å². The van der Waals surface area contributed by atoms with Crippen LogP contribution in [-0.4, -0.2) is 37.8 Å². The molecule has 2 rings (SSSR count). The molecule has 1 atom stereocenters. The first-order chi connectivity index (χ1) is 8.65. The standard InChI is InChI=1S/C12H14ClF3N2/c13-12-9(16)2-1-8(15)11(12)10(7-14)18-5-3-17-4-6-18/h1-2,10,17H,3-7H2/t10-/m0/s1. The van der Waals surface area contributed by atoms with Gasteiger partial charge in [0.25, 0.3) is 0 Å². The van der Waals surface area contributed by atoms with E-state index >= 15 is 0 Å². The van der Waals surface area contributed by atoms with Gasteiger partial charge >= 0.3 is 0 Å². The lowest BCUT2D eigenvalue weighted by atomic mass is 10.0. The highest BCUT2D eigenvalue weighted by Crippen LogP contribution is 2.32. The summed E-state index contributed by atoms with van der Waals surface area (Å²) >= 11 is 5.77. The van der Waals surface area contributed by atoms with E-state index in [1.807, 2.05) is 0 Å². The molecule has 1 heterocycles. The number of hydrogen-bond acceptors (Lipinski definition) is 2.